The van der Waals surface area contributed by atoms with E-state index in [1.165, 1.54) is 16.9 Å². The van der Waals surface area contributed by atoms with E-state index in [0.29, 0.717) is 11.3 Å². The molecule has 2 aromatic rings. The van der Waals surface area contributed by atoms with Crippen molar-refractivity contribution in [3.63, 3.8) is 0 Å². The topological polar surface area (TPSA) is 78.9 Å². The van der Waals surface area contributed by atoms with Crippen LogP contribution in [0, 0.1) is 24.1 Å². The standard InChI is InChI=1S/C13H10FN3O2/c1-8-12(13(18)19)7-17(16-8)6-10-2-9(5-15)3-11(14)4-10/h2-4,7H,6H2,1H3,(H,18,19). The number of carbonyl (C=O) groups is 1. The minimum Gasteiger partial charge on any atom is -0.478 e. The van der Waals surface area contributed by atoms with Crippen molar-refractivity contribution < 1.29 is 14.3 Å². The van der Waals surface area contributed by atoms with Crippen LogP contribution in [0.15, 0.2) is 24.4 Å². The van der Waals surface area contributed by atoms with Crippen molar-refractivity contribution in [3.8, 4) is 6.07 Å². The third kappa shape index (κ3) is 2.77. The number of benzene rings is 1. The average molecular weight is 259 g/mol. The number of aromatic nitrogens is 2. The fourth-order valence-electron chi connectivity index (χ4n) is 1.80. The zero-order valence-corrected chi connectivity index (χ0v) is 10.1. The van der Waals surface area contributed by atoms with E-state index in [1.54, 1.807) is 13.0 Å². The van der Waals surface area contributed by atoms with Crippen LogP contribution in [0.25, 0.3) is 0 Å². The lowest BCUT2D eigenvalue weighted by molar-refractivity contribution is 0.0696. The van der Waals surface area contributed by atoms with Crippen LogP contribution in [0.3, 0.4) is 0 Å². The van der Waals surface area contributed by atoms with Crippen LogP contribution in [0.4, 0.5) is 4.39 Å². The van der Waals surface area contributed by atoms with Crippen molar-refractivity contribution in [1.82, 2.24) is 9.78 Å². The molecule has 1 aromatic heterocycles. The van der Waals surface area contributed by atoms with Crippen LogP contribution < -0.4 is 0 Å². The van der Waals surface area contributed by atoms with E-state index >= 15 is 0 Å². The van der Waals surface area contributed by atoms with E-state index in [4.69, 9.17) is 10.4 Å². The number of carboxylic acids is 1. The van der Waals surface area contributed by atoms with Crippen LogP contribution in [-0.4, -0.2) is 20.9 Å². The maximum Gasteiger partial charge on any atom is 0.339 e. The molecule has 0 atom stereocenters. The molecule has 0 aliphatic carbocycles. The summed E-state index contributed by atoms with van der Waals surface area (Å²) in [6.07, 6.45) is 1.38. The number of carboxylic acid groups (broad SMARTS) is 1. The second kappa shape index (κ2) is 4.90. The third-order valence-corrected chi connectivity index (χ3v) is 2.61. The summed E-state index contributed by atoms with van der Waals surface area (Å²) < 4.78 is 14.7. The van der Waals surface area contributed by atoms with Crippen LogP contribution in [-0.2, 0) is 6.54 Å². The van der Waals surface area contributed by atoms with Crippen molar-refractivity contribution in [2.24, 2.45) is 0 Å². The molecule has 0 saturated carbocycles. The predicted octanol–water partition coefficient (Wildman–Crippen LogP) is 1.95. The van der Waals surface area contributed by atoms with Gasteiger partial charge in [0.25, 0.3) is 0 Å². The Labute approximate surface area is 108 Å². The molecule has 0 unspecified atom stereocenters. The van der Waals surface area contributed by atoms with E-state index in [-0.39, 0.29) is 17.7 Å². The molecule has 6 heteroatoms. The minimum absolute atomic E-state index is 0.108. The lowest BCUT2D eigenvalue weighted by Gasteiger charge is -2.02. The van der Waals surface area contributed by atoms with Crippen molar-refractivity contribution in [3.05, 3.63) is 52.6 Å². The van der Waals surface area contributed by atoms with E-state index < -0.39 is 11.8 Å². The van der Waals surface area contributed by atoms with Crippen LogP contribution in [0.1, 0.15) is 27.2 Å². The van der Waals surface area contributed by atoms with Gasteiger partial charge in [-0.15, -0.1) is 0 Å². The highest BCUT2D eigenvalue weighted by molar-refractivity contribution is 5.88. The molecule has 19 heavy (non-hydrogen) atoms. The number of hydrogen-bond acceptors (Lipinski definition) is 3. The first-order valence-electron chi connectivity index (χ1n) is 5.46. The number of aromatic carboxylic acids is 1. The number of aryl methyl sites for hydroxylation is 1. The Hall–Kier alpha value is -2.68. The summed E-state index contributed by atoms with van der Waals surface area (Å²) in [7, 11) is 0. The highest BCUT2D eigenvalue weighted by atomic mass is 19.1. The first-order valence-corrected chi connectivity index (χ1v) is 5.46. The molecule has 96 valence electrons. The lowest BCUT2D eigenvalue weighted by Crippen LogP contribution is -2.01. The fraction of sp³-hybridized carbons (Fsp3) is 0.154. The maximum atomic E-state index is 13.3. The van der Waals surface area contributed by atoms with E-state index in [1.807, 2.05) is 6.07 Å². The zero-order chi connectivity index (χ0) is 14.0. The molecule has 0 aliphatic heterocycles. The zero-order valence-electron chi connectivity index (χ0n) is 10.1. The van der Waals surface area contributed by atoms with Gasteiger partial charge in [0.1, 0.15) is 11.4 Å². The molecule has 1 N–H and O–H groups in total. The van der Waals surface area contributed by atoms with Gasteiger partial charge >= 0.3 is 5.97 Å². The lowest BCUT2D eigenvalue weighted by atomic mass is 10.1. The summed E-state index contributed by atoms with van der Waals surface area (Å²) >= 11 is 0. The van der Waals surface area contributed by atoms with Crippen LogP contribution in [0.2, 0.25) is 0 Å². The fourth-order valence-corrected chi connectivity index (χ4v) is 1.80. The van der Waals surface area contributed by atoms with E-state index in [0.717, 1.165) is 6.07 Å². The Bertz CT molecular complexity index is 686. The molecule has 0 saturated heterocycles. The summed E-state index contributed by atoms with van der Waals surface area (Å²) in [4.78, 5) is 10.9. The molecule has 2 rings (SSSR count). The van der Waals surface area contributed by atoms with E-state index in [2.05, 4.69) is 5.10 Å². The molecule has 0 radical (unpaired) electrons. The summed E-state index contributed by atoms with van der Waals surface area (Å²) in [6.45, 7) is 1.80. The van der Waals surface area contributed by atoms with Gasteiger partial charge in [-0.05, 0) is 30.7 Å². The van der Waals surface area contributed by atoms with Crippen molar-refractivity contribution in [2.45, 2.75) is 13.5 Å². The molecule has 0 aliphatic rings. The smallest absolute Gasteiger partial charge is 0.339 e. The SMILES string of the molecule is Cc1nn(Cc2cc(F)cc(C#N)c2)cc1C(=O)O. The average Bonchev–Trinajstić information content (AvgIpc) is 2.69. The molecular formula is C13H10FN3O2. The summed E-state index contributed by atoms with van der Waals surface area (Å²) in [5, 5.41) is 21.7. The van der Waals surface area contributed by atoms with Gasteiger partial charge in [0.2, 0.25) is 0 Å². The first kappa shape index (κ1) is 12.8. The molecule has 0 bridgehead atoms. The van der Waals surface area contributed by atoms with Gasteiger partial charge in [0.15, 0.2) is 0 Å². The Morgan fingerprint density at radius 2 is 2.26 bits per heavy atom. The van der Waals surface area contributed by atoms with Gasteiger partial charge in [0.05, 0.1) is 23.9 Å². The van der Waals surface area contributed by atoms with Gasteiger partial charge in [-0.3, -0.25) is 4.68 Å². The number of rotatable bonds is 3. The number of nitriles is 1. The Balaban J connectivity index is 2.31. The monoisotopic (exact) mass is 259 g/mol. The van der Waals surface area contributed by atoms with Crippen molar-refractivity contribution in [1.29, 1.82) is 5.26 Å². The molecule has 1 aromatic carbocycles. The molecule has 5 nitrogen and oxygen atoms in total. The minimum atomic E-state index is -1.05. The summed E-state index contributed by atoms with van der Waals surface area (Å²) in [6, 6.07) is 5.84. The summed E-state index contributed by atoms with van der Waals surface area (Å²) in [5.74, 6) is -1.56. The normalized spacial score (nSPS) is 10.2. The quantitative estimate of drug-likeness (QED) is 0.913. The Morgan fingerprint density at radius 1 is 1.53 bits per heavy atom. The molecule has 0 fully saturated rings. The van der Waals surface area contributed by atoms with Gasteiger partial charge in [-0.1, -0.05) is 0 Å². The number of hydrogen-bond donors (Lipinski definition) is 1. The Morgan fingerprint density at radius 3 is 2.84 bits per heavy atom. The van der Waals surface area contributed by atoms with Crippen molar-refractivity contribution in [2.75, 3.05) is 0 Å². The van der Waals surface area contributed by atoms with Crippen LogP contribution in [0.5, 0.6) is 0 Å². The van der Waals surface area contributed by atoms with E-state index in [9.17, 15) is 9.18 Å². The molecular weight excluding hydrogens is 249 g/mol. The van der Waals surface area contributed by atoms with Gasteiger partial charge < -0.3 is 5.11 Å². The largest absolute Gasteiger partial charge is 0.478 e. The molecule has 0 amide bonds. The van der Waals surface area contributed by atoms with Crippen molar-refractivity contribution >= 4 is 5.97 Å². The highest BCUT2D eigenvalue weighted by Crippen LogP contribution is 2.12. The summed E-state index contributed by atoms with van der Waals surface area (Å²) in [5.41, 5.74) is 1.27. The van der Waals surface area contributed by atoms with Gasteiger partial charge in [0, 0.05) is 6.20 Å². The Kier molecular flexibility index (Phi) is 3.29. The molecule has 1 heterocycles. The maximum absolute atomic E-state index is 13.3. The van der Waals surface area contributed by atoms with Gasteiger partial charge in [-0.2, -0.15) is 10.4 Å². The third-order valence-electron chi connectivity index (χ3n) is 2.61. The highest BCUT2D eigenvalue weighted by Gasteiger charge is 2.12. The second-order valence-electron chi connectivity index (χ2n) is 4.09. The van der Waals surface area contributed by atoms with Crippen LogP contribution >= 0.6 is 0 Å². The molecule has 0 spiro atoms. The predicted molar refractivity (Wildman–Crippen MR) is 64.1 cm³/mol. The first-order chi connectivity index (χ1) is 8.99. The number of nitrogens with zero attached hydrogens (tertiary/aromatic N) is 3. The number of halogens is 1. The van der Waals surface area contributed by atoms with Gasteiger partial charge in [-0.25, -0.2) is 9.18 Å². The second-order valence-corrected chi connectivity index (χ2v) is 4.09.